The average Bonchev–Trinajstić information content (AvgIpc) is 3.25. The van der Waals surface area contributed by atoms with Gasteiger partial charge in [0.15, 0.2) is 0 Å². The summed E-state index contributed by atoms with van der Waals surface area (Å²) in [6.45, 7) is 4.53. The van der Waals surface area contributed by atoms with Gasteiger partial charge in [-0.3, -0.25) is 4.79 Å². The molecular weight excluding hydrogens is 318 g/mol. The van der Waals surface area contributed by atoms with E-state index in [1.807, 2.05) is 48.2 Å². The highest BCUT2D eigenvalue weighted by Gasteiger charge is 2.49. The number of carbonyl (C=O) groups is 1. The van der Waals surface area contributed by atoms with Gasteiger partial charge in [0.2, 0.25) is 0 Å². The molecule has 4 rings (SSSR count). The van der Waals surface area contributed by atoms with Crippen LogP contribution in [0.25, 0.3) is 11.3 Å². The summed E-state index contributed by atoms with van der Waals surface area (Å²) in [5.41, 5.74) is 1.35. The van der Waals surface area contributed by atoms with Crippen molar-refractivity contribution < 1.29 is 19.1 Å². The van der Waals surface area contributed by atoms with Crippen LogP contribution in [0.15, 0.2) is 40.8 Å². The minimum absolute atomic E-state index is 0.00681. The third-order valence-corrected chi connectivity index (χ3v) is 5.61. The largest absolute Gasteiger partial charge is 0.461 e. The molecule has 0 unspecified atom stereocenters. The molecule has 0 aliphatic carbocycles. The number of benzene rings is 1. The number of aryl methyl sites for hydroxylation is 1. The molecule has 25 heavy (non-hydrogen) atoms. The molecule has 1 aromatic heterocycles. The standard InChI is InChI=1S/C20H23NO4/c1-14-5-6-18(25-14)15-3-2-4-16(9-15)19(23)21-10-17-11-24-8-7-20(17,12-21)13-22/h2-6,9,17,22H,7-8,10-13H2,1H3/t17-,20-/m1/s1. The summed E-state index contributed by atoms with van der Waals surface area (Å²) >= 11 is 0. The fraction of sp³-hybridized carbons (Fsp3) is 0.450. The first kappa shape index (κ1) is 16.4. The van der Waals surface area contributed by atoms with Crippen LogP contribution in [0.1, 0.15) is 22.5 Å². The molecule has 1 amide bonds. The van der Waals surface area contributed by atoms with Crippen LogP contribution in [0.5, 0.6) is 0 Å². The number of fused-ring (bicyclic) bond motifs is 1. The minimum Gasteiger partial charge on any atom is -0.461 e. The van der Waals surface area contributed by atoms with Crippen LogP contribution < -0.4 is 0 Å². The normalized spacial score (nSPS) is 25.8. The number of likely N-dealkylation sites (tertiary alicyclic amines) is 1. The van der Waals surface area contributed by atoms with Crippen LogP contribution in [0.2, 0.25) is 0 Å². The molecule has 132 valence electrons. The Labute approximate surface area is 147 Å². The quantitative estimate of drug-likeness (QED) is 0.932. The highest BCUT2D eigenvalue weighted by Crippen LogP contribution is 2.42. The molecule has 3 heterocycles. The van der Waals surface area contributed by atoms with E-state index in [0.29, 0.717) is 31.9 Å². The molecule has 2 saturated heterocycles. The molecular formula is C20H23NO4. The van der Waals surface area contributed by atoms with Crippen molar-refractivity contribution in [1.29, 1.82) is 0 Å². The predicted molar refractivity (Wildman–Crippen MR) is 93.2 cm³/mol. The maximum atomic E-state index is 13.0. The Kier molecular flexibility index (Phi) is 4.13. The van der Waals surface area contributed by atoms with Crippen molar-refractivity contribution in [3.8, 4) is 11.3 Å². The topological polar surface area (TPSA) is 62.9 Å². The average molecular weight is 341 g/mol. The van der Waals surface area contributed by atoms with E-state index in [4.69, 9.17) is 9.15 Å². The summed E-state index contributed by atoms with van der Waals surface area (Å²) in [6, 6.07) is 11.4. The fourth-order valence-corrected chi connectivity index (χ4v) is 4.04. The number of aliphatic hydroxyl groups excluding tert-OH is 1. The summed E-state index contributed by atoms with van der Waals surface area (Å²) < 4.78 is 11.2. The smallest absolute Gasteiger partial charge is 0.253 e. The lowest BCUT2D eigenvalue weighted by atomic mass is 9.75. The van der Waals surface area contributed by atoms with Crippen molar-refractivity contribution in [2.45, 2.75) is 13.3 Å². The second-order valence-electron chi connectivity index (χ2n) is 7.22. The van der Waals surface area contributed by atoms with Gasteiger partial charge in [-0.2, -0.15) is 0 Å². The van der Waals surface area contributed by atoms with Crippen LogP contribution >= 0.6 is 0 Å². The second-order valence-corrected chi connectivity index (χ2v) is 7.22. The number of hydrogen-bond donors (Lipinski definition) is 1. The number of hydrogen-bond acceptors (Lipinski definition) is 4. The zero-order valence-corrected chi connectivity index (χ0v) is 14.4. The van der Waals surface area contributed by atoms with Crippen LogP contribution in [-0.4, -0.2) is 48.8 Å². The summed E-state index contributed by atoms with van der Waals surface area (Å²) in [4.78, 5) is 14.9. The molecule has 0 saturated carbocycles. The van der Waals surface area contributed by atoms with Crippen molar-refractivity contribution in [2.24, 2.45) is 11.3 Å². The molecule has 5 nitrogen and oxygen atoms in total. The molecule has 0 spiro atoms. The molecule has 2 fully saturated rings. The first-order valence-electron chi connectivity index (χ1n) is 8.76. The van der Waals surface area contributed by atoms with Crippen molar-refractivity contribution >= 4 is 5.91 Å². The second kappa shape index (κ2) is 6.32. The summed E-state index contributed by atoms with van der Waals surface area (Å²) in [5.74, 6) is 1.83. The summed E-state index contributed by atoms with van der Waals surface area (Å²) in [5, 5.41) is 9.91. The third kappa shape index (κ3) is 2.87. The monoisotopic (exact) mass is 341 g/mol. The van der Waals surface area contributed by atoms with Crippen LogP contribution in [-0.2, 0) is 4.74 Å². The van der Waals surface area contributed by atoms with Crippen molar-refractivity contribution in [3.63, 3.8) is 0 Å². The van der Waals surface area contributed by atoms with Crippen molar-refractivity contribution in [3.05, 3.63) is 47.7 Å². The first-order chi connectivity index (χ1) is 12.1. The molecule has 5 heteroatoms. The van der Waals surface area contributed by atoms with E-state index in [9.17, 15) is 9.90 Å². The van der Waals surface area contributed by atoms with Gasteiger partial charge >= 0.3 is 0 Å². The Hall–Kier alpha value is -2.11. The summed E-state index contributed by atoms with van der Waals surface area (Å²) in [6.07, 6.45) is 0.809. The van der Waals surface area contributed by atoms with E-state index < -0.39 is 0 Å². The zero-order chi connectivity index (χ0) is 17.4. The zero-order valence-electron chi connectivity index (χ0n) is 14.4. The lowest BCUT2D eigenvalue weighted by Gasteiger charge is -2.36. The SMILES string of the molecule is Cc1ccc(-c2cccc(C(=O)N3C[C@@H]4COCC[C@]4(CO)C3)c2)o1. The summed E-state index contributed by atoms with van der Waals surface area (Å²) in [7, 11) is 0. The molecule has 0 bridgehead atoms. The van der Waals surface area contributed by atoms with Gasteiger partial charge in [-0.25, -0.2) is 0 Å². The van der Waals surface area contributed by atoms with Gasteiger partial charge in [0, 0.05) is 42.2 Å². The molecule has 0 radical (unpaired) electrons. The van der Waals surface area contributed by atoms with Gasteiger partial charge < -0.3 is 19.2 Å². The van der Waals surface area contributed by atoms with Gasteiger partial charge in [0.25, 0.3) is 5.91 Å². The molecule has 2 aromatic rings. The first-order valence-corrected chi connectivity index (χ1v) is 8.76. The lowest BCUT2D eigenvalue weighted by molar-refractivity contribution is -0.0415. The number of carbonyl (C=O) groups excluding carboxylic acids is 1. The van der Waals surface area contributed by atoms with Gasteiger partial charge in [-0.05, 0) is 37.6 Å². The van der Waals surface area contributed by atoms with Gasteiger partial charge in [-0.1, -0.05) is 12.1 Å². The Morgan fingerprint density at radius 3 is 2.96 bits per heavy atom. The number of furan rings is 1. The number of aliphatic hydroxyl groups is 1. The van der Waals surface area contributed by atoms with Gasteiger partial charge in [0.1, 0.15) is 11.5 Å². The van der Waals surface area contributed by atoms with Crippen molar-refractivity contribution in [1.82, 2.24) is 4.90 Å². The Morgan fingerprint density at radius 1 is 1.36 bits per heavy atom. The Bertz CT molecular complexity index is 784. The lowest BCUT2D eigenvalue weighted by Crippen LogP contribution is -2.41. The van der Waals surface area contributed by atoms with Crippen LogP contribution in [0.3, 0.4) is 0 Å². The maximum absolute atomic E-state index is 13.0. The fourth-order valence-electron chi connectivity index (χ4n) is 4.04. The van der Waals surface area contributed by atoms with E-state index in [1.165, 1.54) is 0 Å². The number of ether oxygens (including phenoxy) is 1. The van der Waals surface area contributed by atoms with Gasteiger partial charge in [0.05, 0.1) is 13.2 Å². The number of rotatable bonds is 3. The Morgan fingerprint density at radius 2 is 2.24 bits per heavy atom. The van der Waals surface area contributed by atoms with E-state index in [0.717, 1.165) is 23.5 Å². The van der Waals surface area contributed by atoms with E-state index >= 15 is 0 Å². The highest BCUT2D eigenvalue weighted by atomic mass is 16.5. The van der Waals surface area contributed by atoms with Crippen LogP contribution in [0, 0.1) is 18.3 Å². The van der Waals surface area contributed by atoms with E-state index in [-0.39, 0.29) is 23.8 Å². The third-order valence-electron chi connectivity index (χ3n) is 5.61. The van der Waals surface area contributed by atoms with Crippen LogP contribution in [0.4, 0.5) is 0 Å². The van der Waals surface area contributed by atoms with E-state index in [1.54, 1.807) is 0 Å². The number of nitrogens with zero attached hydrogens (tertiary/aromatic N) is 1. The van der Waals surface area contributed by atoms with Gasteiger partial charge in [-0.15, -0.1) is 0 Å². The predicted octanol–water partition coefficient (Wildman–Crippen LogP) is 2.73. The Balaban J connectivity index is 1.57. The van der Waals surface area contributed by atoms with E-state index in [2.05, 4.69) is 0 Å². The molecule has 2 atom stereocenters. The van der Waals surface area contributed by atoms with Crippen molar-refractivity contribution in [2.75, 3.05) is 32.9 Å². The molecule has 1 aromatic carbocycles. The molecule has 1 N–H and O–H groups in total. The molecule has 2 aliphatic rings. The minimum atomic E-state index is -0.205. The highest BCUT2D eigenvalue weighted by molar-refractivity contribution is 5.95. The number of amides is 1. The maximum Gasteiger partial charge on any atom is 0.253 e. The molecule has 2 aliphatic heterocycles.